The molecule has 0 N–H and O–H groups in total. The van der Waals surface area contributed by atoms with Crippen LogP contribution in [0.3, 0.4) is 0 Å². The van der Waals surface area contributed by atoms with E-state index >= 15 is 0 Å². The van der Waals surface area contributed by atoms with E-state index in [1.54, 1.807) is 0 Å². The van der Waals surface area contributed by atoms with E-state index in [2.05, 4.69) is 91.0 Å². The molecule has 0 radical (unpaired) electrons. The molecule has 0 bridgehead atoms. The quantitative estimate of drug-likeness (QED) is 0.193. The molecule has 1 saturated carbocycles. The highest BCUT2D eigenvalue weighted by Gasteiger charge is 2.43. The van der Waals surface area contributed by atoms with E-state index in [-0.39, 0.29) is 5.41 Å². The Hall–Kier alpha value is -5.67. The lowest BCUT2D eigenvalue weighted by Gasteiger charge is -2.36. The zero-order valence-corrected chi connectivity index (χ0v) is 26.8. The van der Waals surface area contributed by atoms with Crippen LogP contribution in [0.5, 0.6) is 0 Å². The fraction of sp³-hybridized carbons (Fsp3) is 0.133. The third-order valence-corrected chi connectivity index (χ3v) is 10.3. The molecule has 0 saturated heterocycles. The van der Waals surface area contributed by atoms with E-state index in [9.17, 15) is 0 Å². The molecule has 0 atom stereocenters. The van der Waals surface area contributed by atoms with Gasteiger partial charge in [-0.2, -0.15) is 0 Å². The summed E-state index contributed by atoms with van der Waals surface area (Å²) in [7, 11) is 0. The molecule has 3 nitrogen and oxygen atoms in total. The summed E-state index contributed by atoms with van der Waals surface area (Å²) in [5.74, 6) is 2.01. The van der Waals surface area contributed by atoms with E-state index < -0.39 is 0 Å². The molecular formula is C45H35N3. The van der Waals surface area contributed by atoms with Crippen molar-refractivity contribution in [2.24, 2.45) is 0 Å². The highest BCUT2D eigenvalue weighted by molar-refractivity contribution is 5.85. The minimum absolute atomic E-state index is 0.156. The van der Waals surface area contributed by atoms with Crippen LogP contribution in [0, 0.1) is 0 Å². The minimum Gasteiger partial charge on any atom is -0.208 e. The maximum atomic E-state index is 4.91. The van der Waals surface area contributed by atoms with Gasteiger partial charge >= 0.3 is 0 Å². The first-order chi connectivity index (χ1) is 23.7. The van der Waals surface area contributed by atoms with Crippen LogP contribution >= 0.6 is 0 Å². The summed E-state index contributed by atoms with van der Waals surface area (Å²) in [4.78, 5) is 14.7. The van der Waals surface area contributed by atoms with E-state index in [1.165, 1.54) is 76.6 Å². The predicted octanol–water partition coefficient (Wildman–Crippen LogP) is 11.4. The lowest BCUT2D eigenvalue weighted by Crippen LogP contribution is -2.28. The Bertz CT molecular complexity index is 2190. The minimum atomic E-state index is 0.156. The van der Waals surface area contributed by atoms with Crippen LogP contribution in [-0.2, 0) is 5.41 Å². The Morgan fingerprint density at radius 2 is 0.792 bits per heavy atom. The standard InChI is InChI=1S/C45H35N3/c1-4-13-32(14-5-1)42-46-43(33-15-6-2-7-16-33)48-44(47-42)34-23-21-31(22-24-34)35-17-12-18-36(29-35)37-25-26-39-38-19-8-9-20-40(38)45(41(39)30-37)27-10-3-11-28-45/h1-2,4-9,12-26,29-30H,3,10-11,27-28H2. The topological polar surface area (TPSA) is 38.7 Å². The van der Waals surface area contributed by atoms with Crippen LogP contribution in [0.25, 0.3) is 67.5 Å². The Morgan fingerprint density at radius 3 is 1.44 bits per heavy atom. The molecule has 1 heterocycles. The van der Waals surface area contributed by atoms with Gasteiger partial charge in [-0.15, -0.1) is 0 Å². The van der Waals surface area contributed by atoms with Gasteiger partial charge in [0, 0.05) is 22.1 Å². The predicted molar refractivity (Wildman–Crippen MR) is 196 cm³/mol. The highest BCUT2D eigenvalue weighted by atomic mass is 15.0. The van der Waals surface area contributed by atoms with Gasteiger partial charge in [-0.3, -0.25) is 0 Å². The van der Waals surface area contributed by atoms with Gasteiger partial charge in [0.25, 0.3) is 0 Å². The normalized spacial score (nSPS) is 14.4. The lowest BCUT2D eigenvalue weighted by atomic mass is 9.67. The summed E-state index contributed by atoms with van der Waals surface area (Å²) >= 11 is 0. The maximum Gasteiger partial charge on any atom is 0.164 e. The Balaban J connectivity index is 1.06. The summed E-state index contributed by atoms with van der Waals surface area (Å²) in [6, 6.07) is 54.1. The Morgan fingerprint density at radius 1 is 0.333 bits per heavy atom. The molecule has 2 aliphatic rings. The lowest BCUT2D eigenvalue weighted by molar-refractivity contribution is 0.353. The monoisotopic (exact) mass is 617 g/mol. The molecule has 2 aliphatic carbocycles. The second-order valence-electron chi connectivity index (χ2n) is 13.1. The first-order valence-electron chi connectivity index (χ1n) is 17.1. The van der Waals surface area contributed by atoms with E-state index in [4.69, 9.17) is 15.0 Å². The molecule has 0 unspecified atom stereocenters. The van der Waals surface area contributed by atoms with Gasteiger partial charge in [0.1, 0.15) is 0 Å². The Labute approximate surface area is 282 Å². The molecular weight excluding hydrogens is 583 g/mol. The van der Waals surface area contributed by atoms with Crippen LogP contribution in [0.4, 0.5) is 0 Å². The largest absolute Gasteiger partial charge is 0.208 e. The molecule has 1 spiro atoms. The van der Waals surface area contributed by atoms with Gasteiger partial charge in [0.05, 0.1) is 0 Å². The van der Waals surface area contributed by atoms with Crippen molar-refractivity contribution >= 4 is 0 Å². The average molecular weight is 618 g/mol. The average Bonchev–Trinajstić information content (AvgIpc) is 3.43. The summed E-state index contributed by atoms with van der Waals surface area (Å²) in [5, 5.41) is 0. The number of fused-ring (bicyclic) bond motifs is 5. The summed E-state index contributed by atoms with van der Waals surface area (Å²) in [6.45, 7) is 0. The first-order valence-corrected chi connectivity index (χ1v) is 17.1. The zero-order valence-electron chi connectivity index (χ0n) is 26.8. The molecule has 6 aromatic carbocycles. The fourth-order valence-electron chi connectivity index (χ4n) is 7.96. The summed E-state index contributed by atoms with van der Waals surface area (Å²) in [6.07, 6.45) is 6.43. The van der Waals surface area contributed by atoms with Crippen molar-refractivity contribution in [2.45, 2.75) is 37.5 Å². The number of aromatic nitrogens is 3. The highest BCUT2D eigenvalue weighted by Crippen LogP contribution is 2.56. The van der Waals surface area contributed by atoms with Crippen molar-refractivity contribution in [1.82, 2.24) is 15.0 Å². The van der Waals surface area contributed by atoms with Crippen LogP contribution in [0.15, 0.2) is 152 Å². The molecule has 230 valence electrons. The van der Waals surface area contributed by atoms with Gasteiger partial charge in [0.2, 0.25) is 0 Å². The number of nitrogens with zero attached hydrogens (tertiary/aromatic N) is 3. The van der Waals surface area contributed by atoms with Gasteiger partial charge in [-0.05, 0) is 69.5 Å². The molecule has 0 aliphatic heterocycles. The van der Waals surface area contributed by atoms with Crippen molar-refractivity contribution < 1.29 is 0 Å². The second-order valence-corrected chi connectivity index (χ2v) is 13.1. The number of hydrogen-bond acceptors (Lipinski definition) is 3. The van der Waals surface area contributed by atoms with E-state index in [1.807, 2.05) is 60.7 Å². The number of hydrogen-bond donors (Lipinski definition) is 0. The molecule has 48 heavy (non-hydrogen) atoms. The van der Waals surface area contributed by atoms with Crippen LogP contribution < -0.4 is 0 Å². The van der Waals surface area contributed by atoms with Crippen molar-refractivity contribution in [3.05, 3.63) is 163 Å². The Kier molecular flexibility index (Phi) is 7.04. The van der Waals surface area contributed by atoms with Crippen LogP contribution in [0.2, 0.25) is 0 Å². The second kappa shape index (κ2) is 11.8. The van der Waals surface area contributed by atoms with Gasteiger partial charge in [-0.25, -0.2) is 15.0 Å². The molecule has 9 rings (SSSR count). The van der Waals surface area contributed by atoms with E-state index in [0.717, 1.165) is 16.7 Å². The van der Waals surface area contributed by atoms with Gasteiger partial charge in [0.15, 0.2) is 17.5 Å². The third kappa shape index (κ3) is 4.94. The smallest absolute Gasteiger partial charge is 0.164 e. The van der Waals surface area contributed by atoms with Crippen molar-refractivity contribution in [3.63, 3.8) is 0 Å². The first kappa shape index (κ1) is 28.5. The molecule has 1 fully saturated rings. The molecule has 7 aromatic rings. The van der Waals surface area contributed by atoms with Crippen molar-refractivity contribution in [2.75, 3.05) is 0 Å². The SMILES string of the molecule is c1ccc(-c2nc(-c3ccccc3)nc(-c3ccc(-c4cccc(-c5ccc6c(c5)C5(CCCCC5)c5ccccc5-6)c4)cc3)n2)cc1. The summed E-state index contributed by atoms with van der Waals surface area (Å²) < 4.78 is 0. The maximum absolute atomic E-state index is 4.91. The van der Waals surface area contributed by atoms with Gasteiger partial charge in [-0.1, -0.05) is 159 Å². The number of benzene rings is 6. The number of rotatable bonds is 5. The van der Waals surface area contributed by atoms with Gasteiger partial charge < -0.3 is 0 Å². The fourth-order valence-corrected chi connectivity index (χ4v) is 7.96. The van der Waals surface area contributed by atoms with Crippen LogP contribution in [-0.4, -0.2) is 15.0 Å². The van der Waals surface area contributed by atoms with Crippen molar-refractivity contribution in [3.8, 4) is 67.5 Å². The molecule has 0 amide bonds. The molecule has 1 aromatic heterocycles. The third-order valence-electron chi connectivity index (χ3n) is 10.3. The van der Waals surface area contributed by atoms with E-state index in [0.29, 0.717) is 17.5 Å². The molecule has 3 heteroatoms. The van der Waals surface area contributed by atoms with Crippen molar-refractivity contribution in [1.29, 1.82) is 0 Å². The zero-order chi connectivity index (χ0) is 31.9. The van der Waals surface area contributed by atoms with Crippen LogP contribution in [0.1, 0.15) is 43.2 Å². The summed E-state index contributed by atoms with van der Waals surface area (Å²) in [5.41, 5.74) is 13.9.